The highest BCUT2D eigenvalue weighted by Crippen LogP contribution is 2.17. The minimum atomic E-state index is 0.659. The van der Waals surface area contributed by atoms with Gasteiger partial charge < -0.3 is 10.2 Å². The Hall–Kier alpha value is -1.95. The molecule has 0 spiro atoms. The predicted molar refractivity (Wildman–Crippen MR) is 82.6 cm³/mol. The lowest BCUT2D eigenvalue weighted by Crippen LogP contribution is -2.35. The summed E-state index contributed by atoms with van der Waals surface area (Å²) >= 11 is 0. The van der Waals surface area contributed by atoms with E-state index < -0.39 is 0 Å². The van der Waals surface area contributed by atoms with Crippen LogP contribution in [-0.4, -0.2) is 51.8 Å². The van der Waals surface area contributed by atoms with Gasteiger partial charge in [-0.3, -0.25) is 0 Å². The Bertz CT molecular complexity index is 576. The minimum Gasteiger partial charge on any atom is -0.352 e. The van der Waals surface area contributed by atoms with E-state index in [1.165, 1.54) is 24.9 Å². The van der Waals surface area contributed by atoms with E-state index in [2.05, 4.69) is 51.8 Å². The largest absolute Gasteiger partial charge is 0.352 e. The Kier molecular flexibility index (Phi) is 4.15. The molecule has 3 rings (SSSR count). The third-order valence-electron chi connectivity index (χ3n) is 4.02. The number of nitrogens with zero attached hydrogens (tertiary/aromatic N) is 5. The van der Waals surface area contributed by atoms with Crippen LogP contribution in [0.5, 0.6) is 0 Å². The summed E-state index contributed by atoms with van der Waals surface area (Å²) in [5.41, 5.74) is 2.21. The van der Waals surface area contributed by atoms with Gasteiger partial charge in [-0.25, -0.2) is 0 Å². The van der Waals surface area contributed by atoms with E-state index in [4.69, 9.17) is 0 Å². The number of aromatic nitrogens is 4. The van der Waals surface area contributed by atoms with Crippen molar-refractivity contribution in [2.24, 2.45) is 5.92 Å². The second-order valence-corrected chi connectivity index (χ2v) is 5.90. The maximum Gasteiger partial charge on any atom is 0.247 e. The number of hydrogen-bond donors (Lipinski definition) is 1. The lowest BCUT2D eigenvalue weighted by molar-refractivity contribution is 0.217. The highest BCUT2D eigenvalue weighted by molar-refractivity contribution is 5.39. The van der Waals surface area contributed by atoms with E-state index in [0.29, 0.717) is 11.9 Å². The number of nitrogens with one attached hydrogen (secondary N) is 1. The van der Waals surface area contributed by atoms with Gasteiger partial charge in [0.2, 0.25) is 5.95 Å². The first-order chi connectivity index (χ1) is 10.2. The molecule has 6 nitrogen and oxygen atoms in total. The molecule has 0 amide bonds. The third kappa shape index (κ3) is 3.39. The number of benzene rings is 1. The van der Waals surface area contributed by atoms with Crippen LogP contribution in [0.15, 0.2) is 24.3 Å². The molecule has 6 heteroatoms. The minimum absolute atomic E-state index is 0.659. The van der Waals surface area contributed by atoms with Crippen molar-refractivity contribution in [2.75, 3.05) is 32.0 Å². The summed E-state index contributed by atoms with van der Waals surface area (Å²) in [6, 6.07) is 8.20. The van der Waals surface area contributed by atoms with E-state index in [1.807, 2.05) is 12.1 Å². The molecule has 1 saturated heterocycles. The highest BCUT2D eigenvalue weighted by Gasteiger charge is 2.18. The summed E-state index contributed by atoms with van der Waals surface area (Å²) in [6.07, 6.45) is 2.54. The van der Waals surface area contributed by atoms with Crippen LogP contribution in [0.25, 0.3) is 5.69 Å². The molecule has 112 valence electrons. The summed E-state index contributed by atoms with van der Waals surface area (Å²) in [7, 11) is 2.18. The molecule has 0 bridgehead atoms. The molecule has 1 unspecified atom stereocenters. The van der Waals surface area contributed by atoms with Crippen LogP contribution in [0.4, 0.5) is 5.95 Å². The van der Waals surface area contributed by atoms with Crippen molar-refractivity contribution in [2.45, 2.75) is 19.8 Å². The molecule has 0 saturated carbocycles. The van der Waals surface area contributed by atoms with Crippen LogP contribution in [0.3, 0.4) is 0 Å². The first kappa shape index (κ1) is 14.0. The van der Waals surface area contributed by atoms with Crippen molar-refractivity contribution >= 4 is 5.95 Å². The number of piperidine rings is 1. The standard InChI is InChI=1S/C15H22N6/c1-12-5-7-14(8-6-12)21-15(17-18-19-21)16-10-13-4-3-9-20(2)11-13/h5-8,13H,3-4,9-11H2,1-2H3,(H,16,17,19). The Morgan fingerprint density at radius 2 is 2.10 bits per heavy atom. The van der Waals surface area contributed by atoms with Crippen molar-refractivity contribution in [3.63, 3.8) is 0 Å². The monoisotopic (exact) mass is 286 g/mol. The Labute approximate surface area is 125 Å². The predicted octanol–water partition coefficient (Wildman–Crippen LogP) is 1.72. The molecule has 0 radical (unpaired) electrons. The zero-order valence-corrected chi connectivity index (χ0v) is 12.7. The summed E-state index contributed by atoms with van der Waals surface area (Å²) < 4.78 is 1.76. The van der Waals surface area contributed by atoms with Gasteiger partial charge >= 0.3 is 0 Å². The summed E-state index contributed by atoms with van der Waals surface area (Å²) in [4.78, 5) is 2.39. The molecule has 1 aliphatic rings. The lowest BCUT2D eigenvalue weighted by atomic mass is 9.99. The summed E-state index contributed by atoms with van der Waals surface area (Å²) in [5, 5.41) is 15.4. The average Bonchev–Trinajstić information content (AvgIpc) is 2.94. The summed E-state index contributed by atoms with van der Waals surface area (Å²) in [6.45, 7) is 5.33. The van der Waals surface area contributed by atoms with Gasteiger partial charge in [-0.2, -0.15) is 4.68 Å². The van der Waals surface area contributed by atoms with Gasteiger partial charge in [0.25, 0.3) is 0 Å². The van der Waals surface area contributed by atoms with Crippen LogP contribution in [0, 0.1) is 12.8 Å². The fourth-order valence-electron chi connectivity index (χ4n) is 2.83. The molecule has 0 aliphatic carbocycles. The van der Waals surface area contributed by atoms with E-state index in [1.54, 1.807) is 4.68 Å². The topological polar surface area (TPSA) is 58.9 Å². The normalized spacial score (nSPS) is 19.6. The second kappa shape index (κ2) is 6.22. The molecule has 1 fully saturated rings. The number of rotatable bonds is 4. The first-order valence-corrected chi connectivity index (χ1v) is 7.50. The highest BCUT2D eigenvalue weighted by atomic mass is 15.6. The molecule has 2 aromatic rings. The molecule has 21 heavy (non-hydrogen) atoms. The molecule has 1 N–H and O–H groups in total. The smallest absolute Gasteiger partial charge is 0.247 e. The fraction of sp³-hybridized carbons (Fsp3) is 0.533. The molecule has 1 aromatic heterocycles. The van der Waals surface area contributed by atoms with Gasteiger partial charge in [-0.05, 0) is 61.8 Å². The molecular formula is C15H22N6. The van der Waals surface area contributed by atoms with Gasteiger partial charge in [-0.15, -0.1) is 0 Å². The Morgan fingerprint density at radius 1 is 1.29 bits per heavy atom. The molecule has 2 heterocycles. The van der Waals surface area contributed by atoms with Crippen molar-refractivity contribution in [1.82, 2.24) is 25.1 Å². The van der Waals surface area contributed by atoms with Gasteiger partial charge in [-0.1, -0.05) is 22.8 Å². The number of tetrazole rings is 1. The van der Waals surface area contributed by atoms with E-state index >= 15 is 0 Å². The van der Waals surface area contributed by atoms with Crippen LogP contribution < -0.4 is 5.32 Å². The quantitative estimate of drug-likeness (QED) is 0.927. The Morgan fingerprint density at radius 3 is 2.86 bits per heavy atom. The van der Waals surface area contributed by atoms with Crippen LogP contribution in [0.2, 0.25) is 0 Å². The van der Waals surface area contributed by atoms with E-state index in [-0.39, 0.29) is 0 Å². The maximum absolute atomic E-state index is 4.10. The van der Waals surface area contributed by atoms with Crippen LogP contribution in [-0.2, 0) is 0 Å². The molecular weight excluding hydrogens is 264 g/mol. The molecule has 1 atom stereocenters. The van der Waals surface area contributed by atoms with Gasteiger partial charge in [0, 0.05) is 13.1 Å². The molecule has 1 aliphatic heterocycles. The fourth-order valence-corrected chi connectivity index (χ4v) is 2.83. The average molecular weight is 286 g/mol. The van der Waals surface area contributed by atoms with Gasteiger partial charge in [0.1, 0.15) is 0 Å². The summed E-state index contributed by atoms with van der Waals surface area (Å²) in [5.74, 6) is 1.37. The van der Waals surface area contributed by atoms with Crippen molar-refractivity contribution in [1.29, 1.82) is 0 Å². The number of anilines is 1. The molecule has 1 aromatic carbocycles. The number of aryl methyl sites for hydroxylation is 1. The van der Waals surface area contributed by atoms with Crippen molar-refractivity contribution in [3.05, 3.63) is 29.8 Å². The van der Waals surface area contributed by atoms with Crippen molar-refractivity contribution < 1.29 is 0 Å². The van der Waals surface area contributed by atoms with Crippen LogP contribution in [0.1, 0.15) is 18.4 Å². The van der Waals surface area contributed by atoms with E-state index in [9.17, 15) is 0 Å². The first-order valence-electron chi connectivity index (χ1n) is 7.50. The number of likely N-dealkylation sites (tertiary alicyclic amines) is 1. The zero-order valence-electron chi connectivity index (χ0n) is 12.7. The van der Waals surface area contributed by atoms with E-state index in [0.717, 1.165) is 18.8 Å². The lowest BCUT2D eigenvalue weighted by Gasteiger charge is -2.29. The maximum atomic E-state index is 4.10. The van der Waals surface area contributed by atoms with Gasteiger partial charge in [0.15, 0.2) is 0 Å². The third-order valence-corrected chi connectivity index (χ3v) is 4.02. The van der Waals surface area contributed by atoms with Crippen LogP contribution >= 0.6 is 0 Å². The zero-order chi connectivity index (χ0) is 14.7. The number of hydrogen-bond acceptors (Lipinski definition) is 5. The second-order valence-electron chi connectivity index (χ2n) is 5.90. The Balaban J connectivity index is 1.66. The SMILES string of the molecule is Cc1ccc(-n2nnnc2NCC2CCCN(C)C2)cc1. The van der Waals surface area contributed by atoms with Gasteiger partial charge in [0.05, 0.1) is 5.69 Å². The van der Waals surface area contributed by atoms with Crippen molar-refractivity contribution in [3.8, 4) is 5.69 Å².